The number of hydrogen-bond donors (Lipinski definition) is 5. The Morgan fingerprint density at radius 1 is 1.21 bits per heavy atom. The molecule has 3 rings (SSSR count). The van der Waals surface area contributed by atoms with Crippen molar-refractivity contribution in [3.63, 3.8) is 0 Å². The van der Waals surface area contributed by atoms with Gasteiger partial charge in [0.05, 0.1) is 12.9 Å². The van der Waals surface area contributed by atoms with Gasteiger partial charge < -0.3 is 30.7 Å². The predicted octanol–water partition coefficient (Wildman–Crippen LogP) is -4.16. The fraction of sp³-hybridized carbons (Fsp3) is 0.688. The number of nitrogens with two attached hydrogens (primary N) is 2. The molecule has 13 nitrogen and oxygen atoms in total. The van der Waals surface area contributed by atoms with Gasteiger partial charge in [0, 0.05) is 13.8 Å². The number of amidine groups is 1. The summed E-state index contributed by atoms with van der Waals surface area (Å²) >= 11 is 0. The molecule has 7 N–H and O–H groups in total. The van der Waals surface area contributed by atoms with Crippen molar-refractivity contribution in [2.75, 3.05) is 6.61 Å². The lowest BCUT2D eigenvalue weighted by Gasteiger charge is -2.51. The van der Waals surface area contributed by atoms with E-state index in [9.17, 15) is 29.7 Å². The Morgan fingerprint density at radius 2 is 1.83 bits per heavy atom. The van der Waals surface area contributed by atoms with Gasteiger partial charge in [-0.25, -0.2) is 9.98 Å². The highest BCUT2D eigenvalue weighted by Gasteiger charge is 2.66. The van der Waals surface area contributed by atoms with Gasteiger partial charge >= 0.3 is 0 Å². The smallest absolute Gasteiger partial charge is 0.250 e. The lowest BCUT2D eigenvalue weighted by atomic mass is 9.85. The minimum absolute atomic E-state index is 0.379. The van der Waals surface area contributed by atoms with Crippen molar-refractivity contribution < 1.29 is 34.4 Å². The highest BCUT2D eigenvalue weighted by atomic mass is 16.6. The molecule has 3 aliphatic heterocycles. The van der Waals surface area contributed by atoms with Crippen LogP contribution in [-0.4, -0.2) is 103 Å². The molecule has 3 heterocycles. The standard InChI is InChI=1S/C16H24N6O7/c1-6(24)15-13(17)20-16(18,7(2)25)22(8(3)26)14(15)21(5-19-15)12-11(28)10(27)9(4-23)29-12/h5,9-12,14,23,27-28H,4,18H2,1-3H3,(H2,17,20)/t9-,10?,11?,12-,14?,15?,16?/m1/s1. The quantitative estimate of drug-likeness (QED) is 0.301. The number of aliphatic hydroxyl groups excluding tert-OH is 3. The second-order valence-corrected chi connectivity index (χ2v) is 7.29. The first-order valence-electron chi connectivity index (χ1n) is 8.85. The van der Waals surface area contributed by atoms with E-state index in [0.29, 0.717) is 0 Å². The van der Waals surface area contributed by atoms with Gasteiger partial charge in [-0.3, -0.25) is 25.0 Å². The summed E-state index contributed by atoms with van der Waals surface area (Å²) in [6.45, 7) is 2.83. The second-order valence-electron chi connectivity index (χ2n) is 7.29. The molecule has 0 saturated carbocycles. The van der Waals surface area contributed by atoms with E-state index >= 15 is 0 Å². The molecule has 13 heteroatoms. The number of hydrogen-bond acceptors (Lipinski definition) is 12. The van der Waals surface area contributed by atoms with Crippen LogP contribution in [0.3, 0.4) is 0 Å². The fourth-order valence-electron chi connectivity index (χ4n) is 3.98. The Bertz CT molecular complexity index is 818. The summed E-state index contributed by atoms with van der Waals surface area (Å²) < 4.78 is 5.51. The molecule has 0 radical (unpaired) electrons. The van der Waals surface area contributed by atoms with E-state index in [1.165, 1.54) is 11.8 Å². The maximum absolute atomic E-state index is 12.6. The molecule has 160 valence electrons. The van der Waals surface area contributed by atoms with Gasteiger partial charge in [-0.2, -0.15) is 0 Å². The molecule has 1 fully saturated rings. The fourth-order valence-corrected chi connectivity index (χ4v) is 3.98. The molecule has 0 aromatic rings. The maximum atomic E-state index is 12.6. The average Bonchev–Trinajstić information content (AvgIpc) is 3.14. The number of Topliss-reactive ketones (excluding diaryl/α,β-unsaturated/α-hetero) is 2. The minimum Gasteiger partial charge on any atom is -0.394 e. The van der Waals surface area contributed by atoms with Gasteiger partial charge in [0.25, 0.3) is 5.79 Å². The largest absolute Gasteiger partial charge is 0.394 e. The molecule has 0 aromatic heterocycles. The third-order valence-corrected chi connectivity index (χ3v) is 5.55. The summed E-state index contributed by atoms with van der Waals surface area (Å²) in [7, 11) is 0. The van der Waals surface area contributed by atoms with E-state index in [1.54, 1.807) is 0 Å². The highest BCUT2D eigenvalue weighted by molar-refractivity contribution is 6.16. The average molecular weight is 412 g/mol. The number of ether oxygens (including phenoxy) is 1. The Morgan fingerprint density at radius 3 is 2.28 bits per heavy atom. The lowest BCUT2D eigenvalue weighted by molar-refractivity contribution is -0.166. The number of aliphatic hydroxyl groups is 3. The Balaban J connectivity index is 2.19. The van der Waals surface area contributed by atoms with Gasteiger partial charge in [0.15, 0.2) is 24.0 Å². The first-order chi connectivity index (χ1) is 13.4. The number of fused-ring (bicyclic) bond motifs is 1. The minimum atomic E-state index is -2.22. The molecule has 1 amide bonds. The van der Waals surface area contributed by atoms with Crippen LogP contribution >= 0.6 is 0 Å². The zero-order valence-corrected chi connectivity index (χ0v) is 16.1. The first-order valence-corrected chi connectivity index (χ1v) is 8.85. The number of aliphatic imine (C=N–C) groups is 2. The third kappa shape index (κ3) is 2.69. The number of nitrogens with zero attached hydrogens (tertiary/aromatic N) is 4. The molecule has 0 spiro atoms. The van der Waals surface area contributed by atoms with Crippen molar-refractivity contribution in [1.29, 1.82) is 0 Å². The molecular formula is C16H24N6O7. The van der Waals surface area contributed by atoms with E-state index in [2.05, 4.69) is 9.98 Å². The Labute approximate surface area is 165 Å². The second kappa shape index (κ2) is 6.81. The van der Waals surface area contributed by atoms with Crippen molar-refractivity contribution >= 4 is 29.6 Å². The van der Waals surface area contributed by atoms with Crippen LogP contribution in [-0.2, 0) is 19.1 Å². The van der Waals surface area contributed by atoms with Crippen LogP contribution in [0.1, 0.15) is 20.8 Å². The van der Waals surface area contributed by atoms with Crippen LogP contribution in [0, 0.1) is 0 Å². The van der Waals surface area contributed by atoms with Gasteiger partial charge in [0.1, 0.15) is 24.1 Å². The van der Waals surface area contributed by atoms with Crippen LogP contribution in [0.4, 0.5) is 0 Å². The first kappa shape index (κ1) is 21.3. The summed E-state index contributed by atoms with van der Waals surface area (Å²) in [5.41, 5.74) is 10.3. The lowest BCUT2D eigenvalue weighted by Crippen LogP contribution is -2.79. The molecule has 0 aromatic carbocycles. The molecule has 3 aliphatic rings. The topological polar surface area (TPSA) is 204 Å². The van der Waals surface area contributed by atoms with E-state index in [0.717, 1.165) is 25.1 Å². The van der Waals surface area contributed by atoms with Crippen LogP contribution in [0.5, 0.6) is 0 Å². The van der Waals surface area contributed by atoms with Crippen molar-refractivity contribution in [2.45, 2.75) is 62.8 Å². The monoisotopic (exact) mass is 412 g/mol. The van der Waals surface area contributed by atoms with Gasteiger partial charge in [-0.15, -0.1) is 0 Å². The zero-order valence-electron chi connectivity index (χ0n) is 16.1. The Hall–Kier alpha value is -2.45. The van der Waals surface area contributed by atoms with Crippen molar-refractivity contribution in [2.24, 2.45) is 21.5 Å². The molecule has 5 unspecified atom stereocenters. The van der Waals surface area contributed by atoms with Gasteiger partial charge in [-0.1, -0.05) is 0 Å². The summed E-state index contributed by atoms with van der Waals surface area (Å²) in [6.07, 6.45) is -5.68. The maximum Gasteiger partial charge on any atom is 0.250 e. The predicted molar refractivity (Wildman–Crippen MR) is 97.0 cm³/mol. The number of carbonyl (C=O) groups excluding carboxylic acids is 3. The number of rotatable bonds is 4. The summed E-state index contributed by atoms with van der Waals surface area (Å²) in [5.74, 6) is -4.62. The van der Waals surface area contributed by atoms with Crippen molar-refractivity contribution in [3.05, 3.63) is 0 Å². The Kier molecular flexibility index (Phi) is 4.99. The summed E-state index contributed by atoms with van der Waals surface area (Å²) in [4.78, 5) is 47.6. The molecule has 1 saturated heterocycles. The van der Waals surface area contributed by atoms with Crippen molar-refractivity contribution in [3.8, 4) is 0 Å². The molecular weight excluding hydrogens is 388 g/mol. The SMILES string of the molecule is CC(=O)N1C2N([C@@H]3O[C@H](CO)C(O)C3O)C=NC2(C(C)=O)C(N)=NC1(N)C(C)=O. The van der Waals surface area contributed by atoms with E-state index in [4.69, 9.17) is 16.2 Å². The van der Waals surface area contributed by atoms with Crippen LogP contribution < -0.4 is 11.5 Å². The van der Waals surface area contributed by atoms with Crippen LogP contribution in [0.2, 0.25) is 0 Å². The molecule has 0 aliphatic carbocycles. The summed E-state index contributed by atoms with van der Waals surface area (Å²) in [5, 5.41) is 29.9. The third-order valence-electron chi connectivity index (χ3n) is 5.55. The number of ketones is 2. The van der Waals surface area contributed by atoms with Gasteiger partial charge in [0.2, 0.25) is 11.4 Å². The zero-order chi connectivity index (χ0) is 21.9. The van der Waals surface area contributed by atoms with Crippen LogP contribution in [0.15, 0.2) is 9.98 Å². The van der Waals surface area contributed by atoms with Gasteiger partial charge in [-0.05, 0) is 6.92 Å². The van der Waals surface area contributed by atoms with E-state index in [-0.39, 0.29) is 5.84 Å². The van der Waals surface area contributed by atoms with E-state index in [1.807, 2.05) is 0 Å². The number of amides is 1. The normalized spacial score (nSPS) is 41.3. The van der Waals surface area contributed by atoms with Crippen LogP contribution in [0.25, 0.3) is 0 Å². The van der Waals surface area contributed by atoms with Crippen molar-refractivity contribution in [1.82, 2.24) is 9.80 Å². The highest BCUT2D eigenvalue weighted by Crippen LogP contribution is 2.41. The molecule has 7 atom stereocenters. The van der Waals surface area contributed by atoms with E-state index < -0.39 is 66.1 Å². The molecule has 0 bridgehead atoms. The summed E-state index contributed by atoms with van der Waals surface area (Å²) in [6, 6.07) is 0. The number of carbonyl (C=O) groups is 3. The molecule has 29 heavy (non-hydrogen) atoms.